The topological polar surface area (TPSA) is 64.6 Å². The summed E-state index contributed by atoms with van der Waals surface area (Å²) < 4.78 is 11.4. The van der Waals surface area contributed by atoms with Crippen molar-refractivity contribution < 1.29 is 19.1 Å². The minimum absolute atomic E-state index is 0.0362. The first kappa shape index (κ1) is 17.4. The number of carbonyl (C=O) groups is 2. The fraction of sp³-hybridized carbons (Fsp3) is 0.619. The maximum absolute atomic E-state index is 12.8. The molecule has 2 bridgehead atoms. The van der Waals surface area contributed by atoms with Crippen LogP contribution in [0.5, 0.6) is 11.5 Å². The van der Waals surface area contributed by atoms with Gasteiger partial charge >= 0.3 is 0 Å². The highest BCUT2D eigenvalue weighted by Crippen LogP contribution is 2.40. The van der Waals surface area contributed by atoms with Gasteiger partial charge in [-0.25, -0.2) is 0 Å². The highest BCUT2D eigenvalue weighted by Gasteiger charge is 2.41. The van der Waals surface area contributed by atoms with Crippen molar-refractivity contribution in [3.8, 4) is 11.5 Å². The van der Waals surface area contributed by atoms with E-state index in [0.29, 0.717) is 19.0 Å². The second-order valence-electron chi connectivity index (χ2n) is 7.88. The van der Waals surface area contributed by atoms with Crippen molar-refractivity contribution in [2.45, 2.75) is 51.5 Å². The van der Waals surface area contributed by atoms with Crippen LogP contribution < -0.4 is 14.8 Å². The number of rotatable bonds is 3. The number of Topliss-reactive ketones (excluding diaryl/α,β-unsaturated/α-hetero) is 1. The minimum atomic E-state index is -0.0999. The Morgan fingerprint density at radius 3 is 2.50 bits per heavy atom. The number of carbonyl (C=O) groups excluding carboxylic acids is 2. The Hall–Kier alpha value is -2.04. The van der Waals surface area contributed by atoms with Gasteiger partial charge in [0.1, 0.15) is 5.78 Å². The Kier molecular flexibility index (Phi) is 4.88. The fourth-order valence-corrected chi connectivity index (χ4v) is 4.56. The number of benzene rings is 1. The quantitative estimate of drug-likeness (QED) is 0.900. The van der Waals surface area contributed by atoms with Gasteiger partial charge in [0, 0.05) is 24.2 Å². The normalized spacial score (nSPS) is 28.8. The van der Waals surface area contributed by atoms with Crippen molar-refractivity contribution in [3.63, 3.8) is 0 Å². The highest BCUT2D eigenvalue weighted by atomic mass is 16.5. The molecular formula is C21H27NO4. The molecule has 4 atom stereocenters. The van der Waals surface area contributed by atoms with E-state index < -0.39 is 0 Å². The third-order valence-corrected chi connectivity index (χ3v) is 6.05. The van der Waals surface area contributed by atoms with Crippen LogP contribution in [0.3, 0.4) is 0 Å². The molecule has 3 aliphatic rings. The molecule has 0 spiro atoms. The lowest BCUT2D eigenvalue weighted by Crippen LogP contribution is -2.43. The molecule has 5 nitrogen and oxygen atoms in total. The first-order chi connectivity index (χ1) is 12.6. The van der Waals surface area contributed by atoms with Crippen molar-refractivity contribution >= 4 is 11.7 Å². The Morgan fingerprint density at radius 1 is 1.08 bits per heavy atom. The van der Waals surface area contributed by atoms with Crippen LogP contribution in [0.15, 0.2) is 18.2 Å². The number of amides is 1. The SMILES string of the molecule is C[C@H](NC(=O)C1C[C@H]2CCC[C@@H](C1)C2=O)c1ccc2c(c1)OCCCO2. The summed E-state index contributed by atoms with van der Waals surface area (Å²) in [5, 5.41) is 3.15. The van der Waals surface area contributed by atoms with E-state index >= 15 is 0 Å². The zero-order chi connectivity index (χ0) is 18.1. The molecule has 2 fully saturated rings. The predicted molar refractivity (Wildman–Crippen MR) is 97.2 cm³/mol. The molecule has 1 aliphatic heterocycles. The summed E-state index contributed by atoms with van der Waals surface area (Å²) in [6, 6.07) is 5.77. The summed E-state index contributed by atoms with van der Waals surface area (Å²) in [6.07, 6.45) is 5.35. The molecule has 0 aromatic heterocycles. The number of hydrogen-bond acceptors (Lipinski definition) is 4. The molecule has 2 aliphatic carbocycles. The third-order valence-electron chi connectivity index (χ3n) is 6.05. The second kappa shape index (κ2) is 7.29. The summed E-state index contributed by atoms with van der Waals surface area (Å²) >= 11 is 0. The second-order valence-corrected chi connectivity index (χ2v) is 7.88. The number of fused-ring (bicyclic) bond motifs is 3. The van der Waals surface area contributed by atoms with E-state index in [2.05, 4.69) is 5.32 Å². The summed E-state index contributed by atoms with van der Waals surface area (Å²) in [4.78, 5) is 25.0. The van der Waals surface area contributed by atoms with Crippen molar-refractivity contribution in [2.24, 2.45) is 17.8 Å². The summed E-state index contributed by atoms with van der Waals surface area (Å²) in [7, 11) is 0. The van der Waals surface area contributed by atoms with Crippen LogP contribution in [-0.2, 0) is 9.59 Å². The van der Waals surface area contributed by atoms with Gasteiger partial charge in [0.25, 0.3) is 0 Å². The van der Waals surface area contributed by atoms with Gasteiger partial charge in [-0.1, -0.05) is 12.5 Å². The van der Waals surface area contributed by atoms with Crippen molar-refractivity contribution in [3.05, 3.63) is 23.8 Å². The smallest absolute Gasteiger partial charge is 0.223 e. The van der Waals surface area contributed by atoms with Gasteiger partial charge in [-0.2, -0.15) is 0 Å². The summed E-state index contributed by atoms with van der Waals surface area (Å²) in [6.45, 7) is 3.31. The van der Waals surface area contributed by atoms with Crippen LogP contribution in [0.25, 0.3) is 0 Å². The lowest BCUT2D eigenvalue weighted by molar-refractivity contribution is -0.137. The number of hydrogen-bond donors (Lipinski definition) is 1. The zero-order valence-corrected chi connectivity index (χ0v) is 15.3. The monoisotopic (exact) mass is 357 g/mol. The fourth-order valence-electron chi connectivity index (χ4n) is 4.56. The van der Waals surface area contributed by atoms with Crippen LogP contribution in [0, 0.1) is 17.8 Å². The van der Waals surface area contributed by atoms with Crippen LogP contribution >= 0.6 is 0 Å². The molecule has 0 saturated heterocycles. The average molecular weight is 357 g/mol. The molecule has 1 N–H and O–H groups in total. The third kappa shape index (κ3) is 3.44. The highest BCUT2D eigenvalue weighted by molar-refractivity contribution is 5.88. The first-order valence-electron chi connectivity index (χ1n) is 9.85. The van der Waals surface area contributed by atoms with Gasteiger partial charge in [0.05, 0.1) is 19.3 Å². The number of ketones is 1. The molecule has 1 heterocycles. The van der Waals surface area contributed by atoms with Crippen LogP contribution in [-0.4, -0.2) is 24.9 Å². The standard InChI is InChI=1S/C21H27NO4/c1-13(14-6-7-18-19(12-14)26-9-3-8-25-18)22-21(24)17-10-15-4-2-5-16(11-17)20(15)23/h6-7,12-13,15-17H,2-5,8-11H2,1H3,(H,22,24)/t13-,15-,16+,17?/m0/s1. The van der Waals surface area contributed by atoms with E-state index in [4.69, 9.17) is 9.47 Å². The Balaban J connectivity index is 1.41. The van der Waals surface area contributed by atoms with E-state index in [1.807, 2.05) is 25.1 Å². The van der Waals surface area contributed by atoms with E-state index in [1.165, 1.54) is 0 Å². The minimum Gasteiger partial charge on any atom is -0.490 e. The Labute approximate surface area is 154 Å². The van der Waals surface area contributed by atoms with Crippen LogP contribution in [0.4, 0.5) is 0 Å². The maximum Gasteiger partial charge on any atom is 0.223 e. The lowest BCUT2D eigenvalue weighted by atomic mass is 9.67. The molecule has 140 valence electrons. The molecule has 4 rings (SSSR count). The van der Waals surface area contributed by atoms with E-state index in [0.717, 1.165) is 55.6 Å². The lowest BCUT2D eigenvalue weighted by Gasteiger charge is -2.37. The van der Waals surface area contributed by atoms with Crippen LogP contribution in [0.2, 0.25) is 0 Å². The van der Waals surface area contributed by atoms with Gasteiger partial charge in [-0.15, -0.1) is 0 Å². The van der Waals surface area contributed by atoms with Crippen molar-refractivity contribution in [1.29, 1.82) is 0 Å². The zero-order valence-electron chi connectivity index (χ0n) is 15.3. The number of nitrogens with one attached hydrogen (secondary N) is 1. The van der Waals surface area contributed by atoms with Crippen molar-refractivity contribution in [2.75, 3.05) is 13.2 Å². The molecule has 5 heteroatoms. The molecule has 0 radical (unpaired) electrons. The van der Waals surface area contributed by atoms with E-state index in [1.54, 1.807) is 0 Å². The summed E-state index contributed by atoms with van der Waals surface area (Å²) in [5.74, 6) is 2.16. The molecular weight excluding hydrogens is 330 g/mol. The predicted octanol–water partition coefficient (Wildman–Crippen LogP) is 3.42. The van der Waals surface area contributed by atoms with Gasteiger partial charge in [-0.05, 0) is 50.3 Å². The first-order valence-corrected chi connectivity index (χ1v) is 9.85. The Morgan fingerprint density at radius 2 is 1.77 bits per heavy atom. The molecule has 1 unspecified atom stereocenters. The van der Waals surface area contributed by atoms with Gasteiger partial charge < -0.3 is 14.8 Å². The maximum atomic E-state index is 12.8. The van der Waals surface area contributed by atoms with Gasteiger partial charge in [0.15, 0.2) is 11.5 Å². The molecule has 1 amide bonds. The molecule has 2 saturated carbocycles. The molecule has 1 aromatic rings. The number of ether oxygens (including phenoxy) is 2. The van der Waals surface area contributed by atoms with Crippen molar-refractivity contribution in [1.82, 2.24) is 5.32 Å². The molecule has 1 aromatic carbocycles. The summed E-state index contributed by atoms with van der Waals surface area (Å²) in [5.41, 5.74) is 1.01. The van der Waals surface area contributed by atoms with E-state index in [9.17, 15) is 9.59 Å². The largest absolute Gasteiger partial charge is 0.490 e. The Bertz CT molecular complexity index is 685. The van der Waals surface area contributed by atoms with Gasteiger partial charge in [-0.3, -0.25) is 9.59 Å². The average Bonchev–Trinajstić information content (AvgIpc) is 2.86. The van der Waals surface area contributed by atoms with Crippen LogP contribution in [0.1, 0.15) is 57.1 Å². The van der Waals surface area contributed by atoms with Gasteiger partial charge in [0.2, 0.25) is 5.91 Å². The molecule has 26 heavy (non-hydrogen) atoms. The van der Waals surface area contributed by atoms with E-state index in [-0.39, 0.29) is 29.7 Å².